The standard InChI is InChI=1S/C8H15ClO3/c1-10-3-4-12-7-5-6(9)8(7)11-2/h6-8H,3-5H2,1-2H3. The second-order valence-electron chi connectivity index (χ2n) is 2.85. The molecule has 0 aromatic rings. The highest BCUT2D eigenvalue weighted by Crippen LogP contribution is 2.31. The number of hydrogen-bond donors (Lipinski definition) is 0. The SMILES string of the molecule is COCCOC1CC(Cl)C1OC. The van der Waals surface area contributed by atoms with E-state index in [-0.39, 0.29) is 17.6 Å². The molecule has 0 bridgehead atoms. The molecule has 1 fully saturated rings. The highest BCUT2D eigenvalue weighted by Gasteiger charge is 2.40. The van der Waals surface area contributed by atoms with Crippen LogP contribution in [0, 0.1) is 0 Å². The normalized spacial score (nSPS) is 34.8. The lowest BCUT2D eigenvalue weighted by atomic mass is 9.91. The molecule has 1 rings (SSSR count). The van der Waals surface area contributed by atoms with E-state index in [0.29, 0.717) is 13.2 Å². The Kier molecular flexibility index (Phi) is 4.29. The molecule has 0 aromatic carbocycles. The van der Waals surface area contributed by atoms with Gasteiger partial charge in [0.25, 0.3) is 0 Å². The molecular formula is C8H15ClO3. The molecule has 0 radical (unpaired) electrons. The Labute approximate surface area is 77.9 Å². The van der Waals surface area contributed by atoms with E-state index in [0.717, 1.165) is 6.42 Å². The fraction of sp³-hybridized carbons (Fsp3) is 1.00. The molecule has 1 aliphatic carbocycles. The third-order valence-corrected chi connectivity index (χ3v) is 2.50. The van der Waals surface area contributed by atoms with E-state index in [9.17, 15) is 0 Å². The first-order valence-electron chi connectivity index (χ1n) is 4.07. The predicted octanol–water partition coefficient (Wildman–Crippen LogP) is 1.04. The number of methoxy groups -OCH3 is 2. The van der Waals surface area contributed by atoms with Crippen LogP contribution in [-0.2, 0) is 14.2 Å². The molecule has 0 aliphatic heterocycles. The molecule has 12 heavy (non-hydrogen) atoms. The lowest BCUT2D eigenvalue weighted by molar-refractivity contribution is -0.116. The molecule has 0 aromatic heterocycles. The summed E-state index contributed by atoms with van der Waals surface area (Å²) in [6.45, 7) is 1.24. The Balaban J connectivity index is 2.09. The molecule has 0 N–H and O–H groups in total. The maximum atomic E-state index is 5.89. The molecule has 72 valence electrons. The van der Waals surface area contributed by atoms with Gasteiger partial charge < -0.3 is 14.2 Å². The van der Waals surface area contributed by atoms with E-state index < -0.39 is 0 Å². The minimum atomic E-state index is 0.0588. The molecule has 1 saturated carbocycles. The van der Waals surface area contributed by atoms with Crippen molar-refractivity contribution in [3.05, 3.63) is 0 Å². The minimum absolute atomic E-state index is 0.0588. The quantitative estimate of drug-likeness (QED) is 0.484. The highest BCUT2D eigenvalue weighted by atomic mass is 35.5. The van der Waals surface area contributed by atoms with Gasteiger partial charge in [-0.25, -0.2) is 0 Å². The Bertz CT molecular complexity index is 131. The smallest absolute Gasteiger partial charge is 0.0997 e. The first kappa shape index (κ1) is 10.3. The number of rotatable bonds is 5. The summed E-state index contributed by atoms with van der Waals surface area (Å²) in [6, 6.07) is 0. The van der Waals surface area contributed by atoms with Crippen LogP contribution in [0.5, 0.6) is 0 Å². The van der Waals surface area contributed by atoms with Gasteiger partial charge in [0.05, 0.1) is 30.8 Å². The van der Waals surface area contributed by atoms with Crippen molar-refractivity contribution in [3.8, 4) is 0 Å². The van der Waals surface area contributed by atoms with Crippen LogP contribution in [0.3, 0.4) is 0 Å². The monoisotopic (exact) mass is 194 g/mol. The summed E-state index contributed by atoms with van der Waals surface area (Å²) >= 11 is 5.89. The van der Waals surface area contributed by atoms with Crippen molar-refractivity contribution >= 4 is 11.6 Å². The summed E-state index contributed by atoms with van der Waals surface area (Å²) in [5, 5.41) is 0.113. The van der Waals surface area contributed by atoms with E-state index in [1.807, 2.05) is 0 Å². The molecule has 0 spiro atoms. The van der Waals surface area contributed by atoms with Gasteiger partial charge in [0.2, 0.25) is 0 Å². The van der Waals surface area contributed by atoms with Gasteiger partial charge in [0.15, 0.2) is 0 Å². The van der Waals surface area contributed by atoms with E-state index in [1.165, 1.54) is 0 Å². The first-order chi connectivity index (χ1) is 5.79. The van der Waals surface area contributed by atoms with Crippen LogP contribution in [0.15, 0.2) is 0 Å². The van der Waals surface area contributed by atoms with Crippen LogP contribution >= 0.6 is 11.6 Å². The van der Waals surface area contributed by atoms with Gasteiger partial charge in [-0.2, -0.15) is 0 Å². The van der Waals surface area contributed by atoms with Gasteiger partial charge in [0, 0.05) is 14.2 Å². The largest absolute Gasteiger partial charge is 0.382 e. The molecular weight excluding hydrogens is 180 g/mol. The summed E-state index contributed by atoms with van der Waals surface area (Å²) in [5.74, 6) is 0. The van der Waals surface area contributed by atoms with Crippen molar-refractivity contribution < 1.29 is 14.2 Å². The zero-order chi connectivity index (χ0) is 8.97. The van der Waals surface area contributed by atoms with E-state index in [4.69, 9.17) is 25.8 Å². The average molecular weight is 195 g/mol. The lowest BCUT2D eigenvalue weighted by Crippen LogP contribution is -2.50. The third kappa shape index (κ3) is 2.33. The second-order valence-corrected chi connectivity index (χ2v) is 3.41. The Morgan fingerprint density at radius 1 is 1.33 bits per heavy atom. The van der Waals surface area contributed by atoms with Crippen LogP contribution in [0.25, 0.3) is 0 Å². The van der Waals surface area contributed by atoms with Crippen LogP contribution in [0.2, 0.25) is 0 Å². The van der Waals surface area contributed by atoms with Crippen LogP contribution < -0.4 is 0 Å². The maximum absolute atomic E-state index is 5.89. The topological polar surface area (TPSA) is 27.7 Å². The zero-order valence-corrected chi connectivity index (χ0v) is 8.21. The van der Waals surface area contributed by atoms with E-state index >= 15 is 0 Å². The molecule has 0 saturated heterocycles. The van der Waals surface area contributed by atoms with Crippen LogP contribution in [0.1, 0.15) is 6.42 Å². The molecule has 0 heterocycles. The van der Waals surface area contributed by atoms with Crippen LogP contribution in [0.4, 0.5) is 0 Å². The molecule has 4 heteroatoms. The predicted molar refractivity (Wildman–Crippen MR) is 46.7 cm³/mol. The number of hydrogen-bond acceptors (Lipinski definition) is 3. The summed E-state index contributed by atoms with van der Waals surface area (Å²) in [6.07, 6.45) is 1.10. The molecule has 3 atom stereocenters. The number of alkyl halides is 1. The van der Waals surface area contributed by atoms with Crippen molar-refractivity contribution in [2.75, 3.05) is 27.4 Å². The second kappa shape index (κ2) is 5.02. The molecule has 3 unspecified atom stereocenters. The Morgan fingerprint density at radius 2 is 2.08 bits per heavy atom. The van der Waals surface area contributed by atoms with Gasteiger partial charge in [-0.3, -0.25) is 0 Å². The van der Waals surface area contributed by atoms with E-state index in [1.54, 1.807) is 14.2 Å². The van der Waals surface area contributed by atoms with Crippen molar-refractivity contribution in [2.45, 2.75) is 24.0 Å². The third-order valence-electron chi connectivity index (χ3n) is 2.07. The fourth-order valence-corrected chi connectivity index (χ4v) is 1.71. The van der Waals surface area contributed by atoms with Gasteiger partial charge in [-0.1, -0.05) is 0 Å². The number of ether oxygens (including phenoxy) is 3. The van der Waals surface area contributed by atoms with E-state index in [2.05, 4.69) is 0 Å². The first-order valence-corrected chi connectivity index (χ1v) is 4.50. The molecule has 3 nitrogen and oxygen atoms in total. The lowest BCUT2D eigenvalue weighted by Gasteiger charge is -2.39. The van der Waals surface area contributed by atoms with Crippen LogP contribution in [-0.4, -0.2) is 45.0 Å². The van der Waals surface area contributed by atoms with Crippen molar-refractivity contribution in [3.63, 3.8) is 0 Å². The zero-order valence-electron chi connectivity index (χ0n) is 7.46. The number of halogens is 1. The molecule has 1 aliphatic rings. The van der Waals surface area contributed by atoms with Crippen molar-refractivity contribution in [2.24, 2.45) is 0 Å². The summed E-state index contributed by atoms with van der Waals surface area (Å²) in [7, 11) is 3.31. The average Bonchev–Trinajstić information content (AvgIpc) is 2.04. The highest BCUT2D eigenvalue weighted by molar-refractivity contribution is 6.21. The fourth-order valence-electron chi connectivity index (χ4n) is 1.27. The van der Waals surface area contributed by atoms with Gasteiger partial charge in [0.1, 0.15) is 0 Å². The summed E-state index contributed by atoms with van der Waals surface area (Å²) < 4.78 is 15.5. The maximum Gasteiger partial charge on any atom is 0.0997 e. The summed E-state index contributed by atoms with van der Waals surface area (Å²) in [4.78, 5) is 0. The van der Waals surface area contributed by atoms with Crippen molar-refractivity contribution in [1.29, 1.82) is 0 Å². The van der Waals surface area contributed by atoms with Gasteiger partial charge in [-0.05, 0) is 6.42 Å². The van der Waals surface area contributed by atoms with Gasteiger partial charge >= 0.3 is 0 Å². The van der Waals surface area contributed by atoms with Crippen molar-refractivity contribution in [1.82, 2.24) is 0 Å². The Hall–Kier alpha value is 0.170. The van der Waals surface area contributed by atoms with Gasteiger partial charge in [-0.15, -0.1) is 11.6 Å². The summed E-state index contributed by atoms with van der Waals surface area (Å²) in [5.41, 5.74) is 0. The minimum Gasteiger partial charge on any atom is -0.382 e. The Morgan fingerprint density at radius 3 is 2.58 bits per heavy atom. The molecule has 0 amide bonds.